The fourth-order valence-corrected chi connectivity index (χ4v) is 1.25. The Labute approximate surface area is 97.1 Å². The van der Waals surface area contributed by atoms with Crippen LogP contribution >= 0.6 is 0 Å². The van der Waals surface area contributed by atoms with Crippen molar-refractivity contribution in [1.82, 2.24) is 5.32 Å². The highest BCUT2D eigenvalue weighted by Gasteiger charge is 2.23. The van der Waals surface area contributed by atoms with Crippen molar-refractivity contribution < 1.29 is 10.0 Å². The van der Waals surface area contributed by atoms with E-state index in [1.165, 1.54) is 0 Å². The van der Waals surface area contributed by atoms with Crippen molar-refractivity contribution in [1.29, 1.82) is 0 Å². The molecule has 0 rings (SSSR count). The molecule has 1 atom stereocenters. The minimum absolute atomic E-state index is 0.0201. The Kier molecular flexibility index (Phi) is 5.85. The van der Waals surface area contributed by atoms with Gasteiger partial charge in [0.1, 0.15) is 0 Å². The van der Waals surface area contributed by atoms with Crippen LogP contribution < -0.4 is 11.1 Å². The van der Waals surface area contributed by atoms with E-state index < -0.39 is 5.92 Å². The maximum absolute atomic E-state index is 11.8. The van der Waals surface area contributed by atoms with Gasteiger partial charge in [0.15, 0.2) is 5.84 Å². The summed E-state index contributed by atoms with van der Waals surface area (Å²) in [6.45, 7) is 8.63. The van der Waals surface area contributed by atoms with Gasteiger partial charge in [-0.3, -0.25) is 4.79 Å². The van der Waals surface area contributed by atoms with Gasteiger partial charge >= 0.3 is 0 Å². The summed E-state index contributed by atoms with van der Waals surface area (Å²) in [4.78, 5) is 11.8. The third-order valence-corrected chi connectivity index (χ3v) is 2.16. The molecule has 0 aromatic carbocycles. The third-order valence-electron chi connectivity index (χ3n) is 2.16. The molecule has 0 aliphatic heterocycles. The van der Waals surface area contributed by atoms with Crippen LogP contribution in [0.15, 0.2) is 5.16 Å². The fourth-order valence-electron chi connectivity index (χ4n) is 1.25. The lowest BCUT2D eigenvalue weighted by Crippen LogP contribution is -2.41. The molecule has 0 bridgehead atoms. The molecule has 0 heterocycles. The quantitative estimate of drug-likeness (QED) is 0.287. The minimum Gasteiger partial charge on any atom is -0.409 e. The van der Waals surface area contributed by atoms with Gasteiger partial charge in [0, 0.05) is 6.54 Å². The molecule has 0 aromatic heterocycles. The van der Waals surface area contributed by atoms with Crippen molar-refractivity contribution in [3.8, 4) is 0 Å². The first-order valence-corrected chi connectivity index (χ1v) is 5.57. The van der Waals surface area contributed by atoms with Crippen molar-refractivity contribution in [2.75, 3.05) is 6.54 Å². The molecule has 0 fully saturated rings. The van der Waals surface area contributed by atoms with Crippen molar-refractivity contribution in [3.63, 3.8) is 0 Å². The van der Waals surface area contributed by atoms with Crippen molar-refractivity contribution >= 4 is 11.7 Å². The van der Waals surface area contributed by atoms with Crippen LogP contribution in [0.2, 0.25) is 0 Å². The second kappa shape index (κ2) is 6.35. The zero-order chi connectivity index (χ0) is 12.8. The molecule has 0 aliphatic rings. The number of oxime groups is 1. The zero-order valence-corrected chi connectivity index (χ0v) is 10.6. The second-order valence-electron chi connectivity index (χ2n) is 5.14. The lowest BCUT2D eigenvalue weighted by atomic mass is 9.95. The first kappa shape index (κ1) is 14.7. The standard InChI is InChI=1S/C11H23N3O2/c1-5-6-8(9(12)14-16)10(15)13-7-11(2,3)4/h8,16H,5-7H2,1-4H3,(H2,12,14)(H,13,15). The Balaban J connectivity index is 4.40. The second-order valence-corrected chi connectivity index (χ2v) is 5.14. The molecule has 1 amide bonds. The molecule has 4 N–H and O–H groups in total. The molecule has 94 valence electrons. The van der Waals surface area contributed by atoms with Crippen LogP contribution in [0.5, 0.6) is 0 Å². The SMILES string of the molecule is CCCC(C(=O)NCC(C)(C)C)C(N)=NO. The Morgan fingerprint density at radius 1 is 1.50 bits per heavy atom. The van der Waals surface area contributed by atoms with Gasteiger partial charge in [0.2, 0.25) is 5.91 Å². The number of nitrogens with two attached hydrogens (primary N) is 1. The Morgan fingerprint density at radius 3 is 2.44 bits per heavy atom. The van der Waals surface area contributed by atoms with Crippen LogP contribution in [-0.4, -0.2) is 23.5 Å². The molecule has 0 aromatic rings. The number of carbonyl (C=O) groups is 1. The first-order chi connectivity index (χ1) is 7.31. The van der Waals surface area contributed by atoms with E-state index in [0.717, 1.165) is 6.42 Å². The number of nitrogens with zero attached hydrogens (tertiary/aromatic N) is 1. The average Bonchev–Trinajstić information content (AvgIpc) is 2.20. The smallest absolute Gasteiger partial charge is 0.230 e. The lowest BCUT2D eigenvalue weighted by Gasteiger charge is -2.21. The average molecular weight is 229 g/mol. The summed E-state index contributed by atoms with van der Waals surface area (Å²) in [5.74, 6) is -0.724. The zero-order valence-electron chi connectivity index (χ0n) is 10.6. The van der Waals surface area contributed by atoms with Gasteiger partial charge in [-0.25, -0.2) is 0 Å². The summed E-state index contributed by atoms with van der Waals surface area (Å²) in [7, 11) is 0. The van der Waals surface area contributed by atoms with Gasteiger partial charge < -0.3 is 16.3 Å². The molecule has 5 nitrogen and oxygen atoms in total. The van der Waals surface area contributed by atoms with Crippen molar-refractivity contribution in [3.05, 3.63) is 0 Å². The molecule has 0 spiro atoms. The molecule has 0 aliphatic carbocycles. The van der Waals surface area contributed by atoms with E-state index in [4.69, 9.17) is 10.9 Å². The number of hydrogen-bond acceptors (Lipinski definition) is 3. The van der Waals surface area contributed by atoms with Gasteiger partial charge in [-0.2, -0.15) is 0 Å². The third kappa shape index (κ3) is 5.58. The Morgan fingerprint density at radius 2 is 2.06 bits per heavy atom. The van der Waals surface area contributed by atoms with Gasteiger partial charge in [-0.05, 0) is 11.8 Å². The summed E-state index contributed by atoms with van der Waals surface area (Å²) >= 11 is 0. The monoisotopic (exact) mass is 229 g/mol. The van der Waals surface area contributed by atoms with Crippen molar-refractivity contribution in [2.45, 2.75) is 40.5 Å². The van der Waals surface area contributed by atoms with Crippen LogP contribution in [0, 0.1) is 11.3 Å². The lowest BCUT2D eigenvalue weighted by molar-refractivity contribution is -0.123. The van der Waals surface area contributed by atoms with E-state index in [9.17, 15) is 4.79 Å². The van der Waals surface area contributed by atoms with Gasteiger partial charge in [0.05, 0.1) is 5.92 Å². The summed E-state index contributed by atoms with van der Waals surface area (Å²) in [5.41, 5.74) is 5.51. The molecule has 0 saturated carbocycles. The predicted molar refractivity (Wildman–Crippen MR) is 64.3 cm³/mol. The first-order valence-electron chi connectivity index (χ1n) is 5.57. The van der Waals surface area contributed by atoms with Crippen LogP contribution in [-0.2, 0) is 4.79 Å². The van der Waals surface area contributed by atoms with Gasteiger partial charge in [0.25, 0.3) is 0 Å². The summed E-state index contributed by atoms with van der Waals surface area (Å²) < 4.78 is 0. The van der Waals surface area contributed by atoms with E-state index in [1.807, 2.05) is 27.7 Å². The normalized spacial score (nSPS) is 14.6. The van der Waals surface area contributed by atoms with E-state index in [1.54, 1.807) is 0 Å². The summed E-state index contributed by atoms with van der Waals surface area (Å²) in [6, 6.07) is 0. The van der Waals surface area contributed by atoms with Crippen LogP contribution in [0.3, 0.4) is 0 Å². The highest BCUT2D eigenvalue weighted by Crippen LogP contribution is 2.12. The summed E-state index contributed by atoms with van der Waals surface area (Å²) in [6.07, 6.45) is 1.40. The van der Waals surface area contributed by atoms with Crippen molar-refractivity contribution in [2.24, 2.45) is 22.2 Å². The molecule has 0 radical (unpaired) electrons. The topological polar surface area (TPSA) is 87.7 Å². The Bertz CT molecular complexity index is 256. The predicted octanol–water partition coefficient (Wildman–Crippen LogP) is 1.31. The molecule has 5 heteroatoms. The molecule has 0 saturated heterocycles. The number of hydrogen-bond donors (Lipinski definition) is 3. The Hall–Kier alpha value is -1.26. The highest BCUT2D eigenvalue weighted by molar-refractivity contribution is 6.02. The number of carbonyl (C=O) groups excluding carboxylic acids is 1. The molecular weight excluding hydrogens is 206 g/mol. The molecule has 16 heavy (non-hydrogen) atoms. The number of amides is 1. The fraction of sp³-hybridized carbons (Fsp3) is 0.818. The number of amidine groups is 1. The van der Waals surface area contributed by atoms with Crippen LogP contribution in [0.4, 0.5) is 0 Å². The summed E-state index contributed by atoms with van der Waals surface area (Å²) in [5, 5.41) is 14.3. The maximum atomic E-state index is 11.8. The largest absolute Gasteiger partial charge is 0.409 e. The van der Waals surface area contributed by atoms with E-state index in [0.29, 0.717) is 13.0 Å². The van der Waals surface area contributed by atoms with E-state index in [-0.39, 0.29) is 17.2 Å². The van der Waals surface area contributed by atoms with Crippen LogP contribution in [0.1, 0.15) is 40.5 Å². The van der Waals surface area contributed by atoms with Gasteiger partial charge in [-0.15, -0.1) is 0 Å². The molecule has 1 unspecified atom stereocenters. The van der Waals surface area contributed by atoms with E-state index >= 15 is 0 Å². The highest BCUT2D eigenvalue weighted by atomic mass is 16.4. The number of nitrogens with one attached hydrogen (secondary N) is 1. The van der Waals surface area contributed by atoms with Gasteiger partial charge in [-0.1, -0.05) is 39.3 Å². The minimum atomic E-state index is -0.530. The number of rotatable bonds is 5. The van der Waals surface area contributed by atoms with Crippen LogP contribution in [0.25, 0.3) is 0 Å². The molecular formula is C11H23N3O2. The maximum Gasteiger partial charge on any atom is 0.230 e. The van der Waals surface area contributed by atoms with E-state index in [2.05, 4.69) is 10.5 Å².